The number of benzene rings is 1. The Morgan fingerprint density at radius 3 is 2.54 bits per heavy atom. The highest BCUT2D eigenvalue weighted by Gasteiger charge is 2.22. The lowest BCUT2D eigenvalue weighted by Crippen LogP contribution is -2.14. The van der Waals surface area contributed by atoms with Crippen LogP contribution in [0.3, 0.4) is 0 Å². The van der Waals surface area contributed by atoms with Crippen LogP contribution in [-0.4, -0.2) is 10.8 Å². The van der Waals surface area contributed by atoms with E-state index in [-0.39, 0.29) is 0 Å². The predicted molar refractivity (Wildman–Crippen MR) is 41.6 cm³/mol. The second kappa shape index (κ2) is 3.18. The van der Waals surface area contributed by atoms with Gasteiger partial charge in [0, 0.05) is 0 Å². The summed E-state index contributed by atoms with van der Waals surface area (Å²) in [6, 6.07) is 3.18. The van der Waals surface area contributed by atoms with Crippen LogP contribution in [0.15, 0.2) is 18.2 Å². The minimum Gasteiger partial charge on any atom is -0.365 e. The molecule has 0 radical (unpaired) electrons. The van der Waals surface area contributed by atoms with Crippen molar-refractivity contribution in [3.8, 4) is 0 Å². The fourth-order valence-corrected chi connectivity index (χ4v) is 0.900. The summed E-state index contributed by atoms with van der Waals surface area (Å²) in [5.41, 5.74) is 3.51. The second-order valence-corrected chi connectivity index (χ2v) is 2.26. The van der Waals surface area contributed by atoms with Gasteiger partial charge >= 0.3 is 5.69 Å². The smallest absolute Gasteiger partial charge is 0.317 e. The Balaban J connectivity index is 3.43. The van der Waals surface area contributed by atoms with Crippen LogP contribution in [0.2, 0.25) is 0 Å². The van der Waals surface area contributed by atoms with Gasteiger partial charge in [0.1, 0.15) is 5.56 Å². The monoisotopic (exact) mass is 184 g/mol. The highest BCUT2D eigenvalue weighted by atomic mass is 19.1. The number of primary amides is 1. The van der Waals surface area contributed by atoms with Crippen molar-refractivity contribution in [2.75, 3.05) is 0 Å². The summed E-state index contributed by atoms with van der Waals surface area (Å²) in [6.07, 6.45) is 0. The molecule has 13 heavy (non-hydrogen) atoms. The van der Waals surface area contributed by atoms with Crippen LogP contribution in [0.25, 0.3) is 0 Å². The number of carbonyl (C=O) groups excluding carboxylic acids is 1. The molecule has 1 aromatic carbocycles. The molecule has 0 saturated heterocycles. The lowest BCUT2D eigenvalue weighted by atomic mass is 10.1. The van der Waals surface area contributed by atoms with Gasteiger partial charge in [0.25, 0.3) is 5.91 Å². The van der Waals surface area contributed by atoms with Crippen LogP contribution in [0.5, 0.6) is 0 Å². The molecule has 0 fully saturated rings. The summed E-state index contributed by atoms with van der Waals surface area (Å²) < 4.78 is 12.8. The lowest BCUT2D eigenvalue weighted by molar-refractivity contribution is -0.387. The van der Waals surface area contributed by atoms with E-state index in [1.54, 1.807) is 0 Å². The molecule has 68 valence electrons. The number of amides is 1. The van der Waals surface area contributed by atoms with E-state index in [4.69, 9.17) is 5.73 Å². The Morgan fingerprint density at radius 2 is 2.15 bits per heavy atom. The van der Waals surface area contributed by atoms with E-state index in [0.29, 0.717) is 0 Å². The van der Waals surface area contributed by atoms with Gasteiger partial charge in [-0.25, -0.2) is 0 Å². The fourth-order valence-electron chi connectivity index (χ4n) is 0.900. The van der Waals surface area contributed by atoms with Crippen molar-refractivity contribution in [3.63, 3.8) is 0 Å². The van der Waals surface area contributed by atoms with Gasteiger partial charge in [-0.3, -0.25) is 14.9 Å². The standard InChI is InChI=1S/C7H5FN2O3/c8-5-3-1-2-4(7(9)11)6(5)10(12)13/h1-3H,(H2,9,11). The quantitative estimate of drug-likeness (QED) is 0.545. The summed E-state index contributed by atoms with van der Waals surface area (Å²) in [5, 5.41) is 10.3. The Kier molecular flexibility index (Phi) is 2.23. The maximum Gasteiger partial charge on any atom is 0.317 e. The Morgan fingerprint density at radius 1 is 1.54 bits per heavy atom. The molecule has 0 aliphatic carbocycles. The molecule has 1 amide bonds. The van der Waals surface area contributed by atoms with Crippen molar-refractivity contribution in [2.24, 2.45) is 5.73 Å². The van der Waals surface area contributed by atoms with Gasteiger partial charge in [0.2, 0.25) is 5.82 Å². The first-order valence-electron chi connectivity index (χ1n) is 3.26. The highest BCUT2D eigenvalue weighted by Crippen LogP contribution is 2.21. The van der Waals surface area contributed by atoms with E-state index >= 15 is 0 Å². The van der Waals surface area contributed by atoms with Crippen LogP contribution in [0.4, 0.5) is 10.1 Å². The molecule has 0 aliphatic heterocycles. The number of halogens is 1. The maximum atomic E-state index is 12.8. The summed E-state index contributed by atoms with van der Waals surface area (Å²) in [7, 11) is 0. The van der Waals surface area contributed by atoms with E-state index in [0.717, 1.165) is 12.1 Å². The number of nitrogens with two attached hydrogens (primary N) is 1. The Bertz CT molecular complexity index is 378. The normalized spacial score (nSPS) is 9.62. The predicted octanol–water partition coefficient (Wildman–Crippen LogP) is 0.833. The van der Waals surface area contributed by atoms with Gasteiger partial charge in [0.15, 0.2) is 0 Å². The van der Waals surface area contributed by atoms with Crippen molar-refractivity contribution in [1.82, 2.24) is 0 Å². The van der Waals surface area contributed by atoms with E-state index in [2.05, 4.69) is 0 Å². The van der Waals surface area contributed by atoms with Gasteiger partial charge in [-0.15, -0.1) is 0 Å². The van der Waals surface area contributed by atoms with Crippen LogP contribution >= 0.6 is 0 Å². The first kappa shape index (κ1) is 9.11. The summed E-state index contributed by atoms with van der Waals surface area (Å²) >= 11 is 0. The number of rotatable bonds is 2. The zero-order valence-corrected chi connectivity index (χ0v) is 6.36. The number of hydrogen-bond donors (Lipinski definition) is 1. The number of para-hydroxylation sites is 1. The third-order valence-electron chi connectivity index (χ3n) is 1.43. The molecule has 1 aromatic rings. The first-order chi connectivity index (χ1) is 6.04. The molecule has 2 N–H and O–H groups in total. The Labute approximate surface area is 72.1 Å². The summed E-state index contributed by atoms with van der Waals surface area (Å²) in [4.78, 5) is 20.0. The first-order valence-corrected chi connectivity index (χ1v) is 3.26. The van der Waals surface area contributed by atoms with Gasteiger partial charge < -0.3 is 5.73 Å². The molecular weight excluding hydrogens is 179 g/mol. The van der Waals surface area contributed by atoms with Gasteiger partial charge in [-0.1, -0.05) is 6.07 Å². The van der Waals surface area contributed by atoms with Crippen molar-refractivity contribution >= 4 is 11.6 Å². The molecule has 5 nitrogen and oxygen atoms in total. The molecular formula is C7H5FN2O3. The van der Waals surface area contributed by atoms with Gasteiger partial charge in [-0.05, 0) is 12.1 Å². The van der Waals surface area contributed by atoms with E-state index in [1.807, 2.05) is 0 Å². The SMILES string of the molecule is NC(=O)c1cccc(F)c1[N+](=O)[O-]. The van der Waals surface area contributed by atoms with Crippen molar-refractivity contribution < 1.29 is 14.1 Å². The highest BCUT2D eigenvalue weighted by molar-refractivity contribution is 5.96. The number of carbonyl (C=O) groups is 1. The number of nitro groups is 1. The van der Waals surface area contributed by atoms with Crippen LogP contribution in [0.1, 0.15) is 10.4 Å². The minimum atomic E-state index is -1.07. The summed E-state index contributed by atoms with van der Waals surface area (Å²) in [5.74, 6) is -2.09. The molecule has 0 bridgehead atoms. The molecule has 0 atom stereocenters. The van der Waals surface area contributed by atoms with Gasteiger partial charge in [-0.2, -0.15) is 4.39 Å². The van der Waals surface area contributed by atoms with Crippen LogP contribution in [-0.2, 0) is 0 Å². The number of nitro benzene ring substituents is 1. The van der Waals surface area contributed by atoms with Gasteiger partial charge in [0.05, 0.1) is 4.92 Å². The van der Waals surface area contributed by atoms with Crippen molar-refractivity contribution in [1.29, 1.82) is 0 Å². The topological polar surface area (TPSA) is 86.2 Å². The van der Waals surface area contributed by atoms with E-state index in [1.165, 1.54) is 6.07 Å². The molecule has 0 heterocycles. The second-order valence-electron chi connectivity index (χ2n) is 2.26. The molecule has 0 aromatic heterocycles. The van der Waals surface area contributed by atoms with E-state index < -0.39 is 27.9 Å². The fraction of sp³-hybridized carbons (Fsp3) is 0. The van der Waals surface area contributed by atoms with Crippen molar-refractivity contribution in [3.05, 3.63) is 39.7 Å². The molecule has 6 heteroatoms. The minimum absolute atomic E-state index is 0.426. The maximum absolute atomic E-state index is 12.8. The molecule has 0 spiro atoms. The summed E-state index contributed by atoms with van der Waals surface area (Å²) in [6.45, 7) is 0. The molecule has 0 aliphatic rings. The van der Waals surface area contributed by atoms with Crippen LogP contribution in [0, 0.1) is 15.9 Å². The lowest BCUT2D eigenvalue weighted by Gasteiger charge is -1.98. The van der Waals surface area contributed by atoms with Crippen LogP contribution < -0.4 is 5.73 Å². The Hall–Kier alpha value is -1.98. The van der Waals surface area contributed by atoms with E-state index in [9.17, 15) is 19.3 Å². The average molecular weight is 184 g/mol. The third kappa shape index (κ3) is 1.61. The zero-order valence-electron chi connectivity index (χ0n) is 6.36. The largest absolute Gasteiger partial charge is 0.365 e. The van der Waals surface area contributed by atoms with Crippen molar-refractivity contribution in [2.45, 2.75) is 0 Å². The molecule has 0 saturated carbocycles. The number of nitrogens with zero attached hydrogens (tertiary/aromatic N) is 1. The average Bonchev–Trinajstić information content (AvgIpc) is 2.02. The molecule has 1 rings (SSSR count). The zero-order chi connectivity index (χ0) is 10.0. The molecule has 0 unspecified atom stereocenters. The third-order valence-corrected chi connectivity index (χ3v) is 1.43. The number of hydrogen-bond acceptors (Lipinski definition) is 3.